The van der Waals surface area contributed by atoms with E-state index in [-0.39, 0.29) is 48.2 Å². The lowest BCUT2D eigenvalue weighted by atomic mass is 9.76. The third kappa shape index (κ3) is 8.68. The molecule has 7 nitrogen and oxygen atoms in total. The van der Waals surface area contributed by atoms with Gasteiger partial charge in [-0.25, -0.2) is 14.4 Å². The molecule has 35 heavy (non-hydrogen) atoms. The van der Waals surface area contributed by atoms with Gasteiger partial charge in [0, 0.05) is 16.7 Å². The molecule has 1 fully saturated rings. The van der Waals surface area contributed by atoms with Crippen molar-refractivity contribution in [1.29, 1.82) is 0 Å². The van der Waals surface area contributed by atoms with E-state index in [2.05, 4.69) is 6.58 Å². The highest BCUT2D eigenvalue weighted by Gasteiger charge is 2.35. The van der Waals surface area contributed by atoms with Crippen LogP contribution in [0.25, 0.3) is 6.08 Å². The largest absolute Gasteiger partial charge is 0.478 e. The molecular formula is C28H34O7. The van der Waals surface area contributed by atoms with Gasteiger partial charge < -0.3 is 19.7 Å². The number of rotatable bonds is 14. The van der Waals surface area contributed by atoms with E-state index in [1.807, 2.05) is 44.2 Å². The molecule has 1 heterocycles. The van der Waals surface area contributed by atoms with Crippen LogP contribution in [0.3, 0.4) is 0 Å². The van der Waals surface area contributed by atoms with Crippen LogP contribution in [-0.4, -0.2) is 47.4 Å². The maximum absolute atomic E-state index is 13.0. The van der Waals surface area contributed by atoms with Crippen LogP contribution < -0.4 is 0 Å². The van der Waals surface area contributed by atoms with Gasteiger partial charge in [-0.1, -0.05) is 82.0 Å². The first kappa shape index (κ1) is 27.8. The summed E-state index contributed by atoms with van der Waals surface area (Å²) >= 11 is 0. The van der Waals surface area contributed by atoms with E-state index < -0.39 is 23.3 Å². The Morgan fingerprint density at radius 2 is 1.74 bits per heavy atom. The predicted octanol–water partition coefficient (Wildman–Crippen LogP) is 5.05. The number of carbonyl (C=O) groups is 3. The van der Waals surface area contributed by atoms with Gasteiger partial charge in [0.25, 0.3) is 0 Å². The fraction of sp³-hybridized carbons (Fsp3) is 0.393. The Morgan fingerprint density at radius 3 is 2.26 bits per heavy atom. The molecule has 2 atom stereocenters. The highest BCUT2D eigenvalue weighted by Crippen LogP contribution is 2.38. The highest BCUT2D eigenvalue weighted by atomic mass is 16.6. The second-order valence-electron chi connectivity index (χ2n) is 8.94. The van der Waals surface area contributed by atoms with Crippen molar-refractivity contribution < 1.29 is 34.1 Å². The normalized spacial score (nSPS) is 17.8. The van der Waals surface area contributed by atoms with Gasteiger partial charge in [0.2, 0.25) is 0 Å². The van der Waals surface area contributed by atoms with Crippen molar-refractivity contribution in [3.8, 4) is 0 Å². The van der Waals surface area contributed by atoms with Crippen LogP contribution >= 0.6 is 0 Å². The quantitative estimate of drug-likeness (QED) is 0.217. The molecule has 0 bridgehead atoms. The fourth-order valence-corrected chi connectivity index (χ4v) is 3.38. The first-order chi connectivity index (χ1) is 16.6. The molecule has 2 N–H and O–H groups in total. The molecule has 0 radical (unpaired) electrons. The van der Waals surface area contributed by atoms with E-state index in [9.17, 15) is 24.6 Å². The van der Waals surface area contributed by atoms with Gasteiger partial charge >= 0.3 is 17.9 Å². The summed E-state index contributed by atoms with van der Waals surface area (Å²) in [6, 6.07) is 9.22. The topological polar surface area (TPSA) is 113 Å². The van der Waals surface area contributed by atoms with Crippen molar-refractivity contribution in [1.82, 2.24) is 0 Å². The molecule has 1 aromatic rings. The number of allylic oxidation sites excluding steroid dienone is 3. The van der Waals surface area contributed by atoms with Gasteiger partial charge in [0.15, 0.2) is 0 Å². The van der Waals surface area contributed by atoms with Gasteiger partial charge in [-0.3, -0.25) is 0 Å². The summed E-state index contributed by atoms with van der Waals surface area (Å²) in [5, 5.41) is 19.7. The predicted molar refractivity (Wildman–Crippen MR) is 134 cm³/mol. The smallest absolute Gasteiger partial charge is 0.335 e. The molecule has 0 saturated carbocycles. The molecule has 1 saturated heterocycles. The first-order valence-electron chi connectivity index (χ1n) is 11.7. The van der Waals surface area contributed by atoms with Crippen LogP contribution in [0.5, 0.6) is 0 Å². The maximum atomic E-state index is 13.0. The van der Waals surface area contributed by atoms with Gasteiger partial charge in [-0.2, -0.15) is 0 Å². The van der Waals surface area contributed by atoms with E-state index in [4.69, 9.17) is 9.47 Å². The van der Waals surface area contributed by atoms with Gasteiger partial charge in [-0.05, 0) is 30.7 Å². The van der Waals surface area contributed by atoms with Crippen LogP contribution in [0.4, 0.5) is 0 Å². The molecular weight excluding hydrogens is 448 g/mol. The van der Waals surface area contributed by atoms with Crippen LogP contribution in [-0.2, 0) is 23.9 Å². The van der Waals surface area contributed by atoms with Crippen LogP contribution in [0.15, 0.2) is 71.9 Å². The molecule has 1 aromatic carbocycles. The zero-order valence-corrected chi connectivity index (χ0v) is 20.5. The number of carboxylic acid groups (broad SMARTS) is 2. The minimum Gasteiger partial charge on any atom is -0.478 e. The number of epoxide rings is 1. The van der Waals surface area contributed by atoms with Crippen LogP contribution in [0.2, 0.25) is 0 Å². The number of esters is 1. The lowest BCUT2D eigenvalue weighted by Gasteiger charge is -2.27. The zero-order valence-electron chi connectivity index (χ0n) is 20.5. The molecule has 0 spiro atoms. The van der Waals surface area contributed by atoms with Gasteiger partial charge in [0.1, 0.15) is 12.7 Å². The molecule has 7 heteroatoms. The summed E-state index contributed by atoms with van der Waals surface area (Å²) in [5.41, 5.74) is -0.745. The Kier molecular flexibility index (Phi) is 10.2. The molecule has 188 valence electrons. The molecule has 1 aliphatic rings. The summed E-state index contributed by atoms with van der Waals surface area (Å²) in [7, 11) is 0. The second-order valence-corrected chi connectivity index (χ2v) is 8.94. The maximum Gasteiger partial charge on any atom is 0.335 e. The number of ether oxygens (including phenoxy) is 2. The fourth-order valence-electron chi connectivity index (χ4n) is 3.38. The average Bonchev–Trinajstić information content (AvgIpc) is 3.66. The Hall–Kier alpha value is -3.45. The SMILES string of the molecule is C=C(C(=O)OCC1CO1)C(C=Cc1ccccc1)(C=C(CC)C(=O)O)C=C(CCC(C)C)C(=O)O. The minimum absolute atomic E-state index is 0.0204. The van der Waals surface area contributed by atoms with Crippen molar-refractivity contribution in [3.05, 3.63) is 77.4 Å². The molecule has 2 unspecified atom stereocenters. The van der Waals surface area contributed by atoms with E-state index in [1.165, 1.54) is 12.2 Å². The summed E-state index contributed by atoms with van der Waals surface area (Å²) in [6.45, 7) is 10.1. The number of hydrogen-bond donors (Lipinski definition) is 2. The molecule has 2 rings (SSSR count). The monoisotopic (exact) mass is 482 g/mol. The Balaban J connectivity index is 2.70. The van der Waals surface area contributed by atoms with Gasteiger partial charge in [-0.15, -0.1) is 0 Å². The van der Waals surface area contributed by atoms with Crippen molar-refractivity contribution in [2.75, 3.05) is 13.2 Å². The van der Waals surface area contributed by atoms with Crippen LogP contribution in [0, 0.1) is 11.3 Å². The van der Waals surface area contributed by atoms with Crippen LogP contribution in [0.1, 0.15) is 45.6 Å². The third-order valence-electron chi connectivity index (χ3n) is 5.67. The van der Waals surface area contributed by atoms with Gasteiger partial charge in [0.05, 0.1) is 12.0 Å². The lowest BCUT2D eigenvalue weighted by Crippen LogP contribution is -2.26. The molecule has 0 amide bonds. The Morgan fingerprint density at radius 1 is 1.14 bits per heavy atom. The standard InChI is InChI=1S/C28H34O7/c1-5-22(25(29)30)15-28(14-13-21-9-7-6-8-10-21,16-23(26(31)32)12-11-19(2)3)20(4)27(33)35-18-24-17-34-24/h6-10,13-16,19,24H,4-5,11-12,17-18H2,1-3H3,(H,29,30)(H,31,32). The molecule has 1 aliphatic heterocycles. The lowest BCUT2D eigenvalue weighted by molar-refractivity contribution is -0.140. The number of benzene rings is 1. The van der Waals surface area contributed by atoms with E-state index in [0.29, 0.717) is 13.0 Å². The summed E-state index contributed by atoms with van der Waals surface area (Å²) in [6.07, 6.45) is 6.99. The summed E-state index contributed by atoms with van der Waals surface area (Å²) in [5.74, 6) is -2.80. The van der Waals surface area contributed by atoms with Crippen molar-refractivity contribution in [2.24, 2.45) is 11.3 Å². The van der Waals surface area contributed by atoms with E-state index in [1.54, 1.807) is 19.1 Å². The Bertz CT molecular complexity index is 1010. The third-order valence-corrected chi connectivity index (χ3v) is 5.67. The number of carboxylic acids is 2. The van der Waals surface area contributed by atoms with Crippen molar-refractivity contribution in [3.63, 3.8) is 0 Å². The summed E-state index contributed by atoms with van der Waals surface area (Å²) < 4.78 is 10.4. The number of hydrogen-bond acceptors (Lipinski definition) is 5. The van der Waals surface area contributed by atoms with Crippen molar-refractivity contribution in [2.45, 2.75) is 46.1 Å². The molecule has 0 aliphatic carbocycles. The summed E-state index contributed by atoms with van der Waals surface area (Å²) in [4.78, 5) is 37.1. The second kappa shape index (κ2) is 12.9. The average molecular weight is 483 g/mol. The zero-order chi connectivity index (χ0) is 26.0. The molecule has 0 aromatic heterocycles. The number of aliphatic carboxylic acids is 2. The minimum atomic E-state index is -1.54. The Labute approximate surface area is 206 Å². The van der Waals surface area contributed by atoms with E-state index >= 15 is 0 Å². The van der Waals surface area contributed by atoms with Crippen molar-refractivity contribution >= 4 is 24.0 Å². The first-order valence-corrected chi connectivity index (χ1v) is 11.7. The number of carbonyl (C=O) groups excluding carboxylic acids is 1. The van der Waals surface area contributed by atoms with E-state index in [0.717, 1.165) is 5.56 Å². The highest BCUT2D eigenvalue weighted by molar-refractivity contribution is 5.94.